The molecular formula is C18H38O. The highest BCUT2D eigenvalue weighted by Crippen LogP contribution is 2.31. The van der Waals surface area contributed by atoms with Gasteiger partial charge in [-0.3, -0.25) is 0 Å². The summed E-state index contributed by atoms with van der Waals surface area (Å²) in [5.41, 5.74) is -0.456. The molecule has 0 bridgehead atoms. The molecule has 2 atom stereocenters. The molecule has 0 fully saturated rings. The largest absolute Gasteiger partial charge is 0.390 e. The van der Waals surface area contributed by atoms with E-state index in [1.54, 1.807) is 0 Å². The molecule has 0 aliphatic carbocycles. The van der Waals surface area contributed by atoms with Crippen molar-refractivity contribution in [3.63, 3.8) is 0 Å². The molecule has 0 aliphatic heterocycles. The van der Waals surface area contributed by atoms with E-state index in [0.29, 0.717) is 11.8 Å². The minimum atomic E-state index is -0.456. The highest BCUT2D eigenvalue weighted by atomic mass is 16.3. The SMILES string of the molecule is CCCCC(CC)CC(C)(O)CC(CC)CCCC. The van der Waals surface area contributed by atoms with Crippen LogP contribution < -0.4 is 0 Å². The molecule has 0 amide bonds. The van der Waals surface area contributed by atoms with Gasteiger partial charge in [0.1, 0.15) is 0 Å². The van der Waals surface area contributed by atoms with Crippen LogP contribution in [0.5, 0.6) is 0 Å². The van der Waals surface area contributed by atoms with Crippen LogP contribution in [-0.4, -0.2) is 10.7 Å². The van der Waals surface area contributed by atoms with Crippen molar-refractivity contribution < 1.29 is 5.11 Å². The summed E-state index contributed by atoms with van der Waals surface area (Å²) in [5.74, 6) is 1.41. The van der Waals surface area contributed by atoms with Crippen LogP contribution >= 0.6 is 0 Å². The molecule has 1 N–H and O–H groups in total. The fraction of sp³-hybridized carbons (Fsp3) is 1.00. The first-order chi connectivity index (χ1) is 8.99. The van der Waals surface area contributed by atoms with Gasteiger partial charge in [-0.15, -0.1) is 0 Å². The van der Waals surface area contributed by atoms with Crippen LogP contribution in [0.15, 0.2) is 0 Å². The fourth-order valence-electron chi connectivity index (χ4n) is 3.21. The first-order valence-corrected chi connectivity index (χ1v) is 8.71. The normalized spacial score (nSPS) is 18.0. The average molecular weight is 271 g/mol. The smallest absolute Gasteiger partial charge is 0.0625 e. The van der Waals surface area contributed by atoms with E-state index in [4.69, 9.17) is 0 Å². The number of rotatable bonds is 12. The maximum absolute atomic E-state index is 10.7. The third-order valence-corrected chi connectivity index (χ3v) is 4.54. The van der Waals surface area contributed by atoms with E-state index in [1.807, 2.05) is 0 Å². The van der Waals surface area contributed by atoms with Gasteiger partial charge in [0, 0.05) is 0 Å². The summed E-state index contributed by atoms with van der Waals surface area (Å²) in [4.78, 5) is 0. The lowest BCUT2D eigenvalue weighted by Crippen LogP contribution is -2.30. The second-order valence-corrected chi connectivity index (χ2v) is 6.74. The molecular weight excluding hydrogens is 232 g/mol. The van der Waals surface area contributed by atoms with Gasteiger partial charge in [-0.1, -0.05) is 79.1 Å². The van der Waals surface area contributed by atoms with E-state index >= 15 is 0 Å². The second kappa shape index (κ2) is 10.7. The predicted molar refractivity (Wildman–Crippen MR) is 86.5 cm³/mol. The molecule has 0 heterocycles. The molecule has 0 rings (SSSR count). The Kier molecular flexibility index (Phi) is 10.7. The molecule has 1 nitrogen and oxygen atoms in total. The summed E-state index contributed by atoms with van der Waals surface area (Å²) in [5, 5.41) is 10.7. The third kappa shape index (κ3) is 9.49. The van der Waals surface area contributed by atoms with Crippen LogP contribution in [0.25, 0.3) is 0 Å². The summed E-state index contributed by atoms with van der Waals surface area (Å²) in [6.45, 7) is 11.1. The summed E-state index contributed by atoms with van der Waals surface area (Å²) >= 11 is 0. The minimum absolute atomic E-state index is 0.456. The first-order valence-electron chi connectivity index (χ1n) is 8.71. The molecule has 1 heteroatoms. The lowest BCUT2D eigenvalue weighted by molar-refractivity contribution is 0.00616. The maximum Gasteiger partial charge on any atom is 0.0625 e. The Hall–Kier alpha value is -0.0400. The Morgan fingerprint density at radius 3 is 1.42 bits per heavy atom. The zero-order valence-electron chi connectivity index (χ0n) is 14.2. The van der Waals surface area contributed by atoms with E-state index in [2.05, 4.69) is 34.6 Å². The number of unbranched alkanes of at least 4 members (excludes halogenated alkanes) is 2. The first kappa shape index (κ1) is 19.0. The topological polar surface area (TPSA) is 20.2 Å². The van der Waals surface area contributed by atoms with Gasteiger partial charge in [0.2, 0.25) is 0 Å². The number of hydrogen-bond donors (Lipinski definition) is 1. The fourth-order valence-corrected chi connectivity index (χ4v) is 3.21. The Balaban J connectivity index is 4.24. The van der Waals surface area contributed by atoms with Gasteiger partial charge in [0.05, 0.1) is 5.60 Å². The number of aliphatic hydroxyl groups is 1. The molecule has 0 saturated heterocycles. The van der Waals surface area contributed by atoms with Crippen LogP contribution in [0.1, 0.15) is 98.8 Å². The zero-order chi connectivity index (χ0) is 14.7. The van der Waals surface area contributed by atoms with Crippen molar-refractivity contribution in [1.82, 2.24) is 0 Å². The average Bonchev–Trinajstić information content (AvgIpc) is 2.39. The van der Waals surface area contributed by atoms with Gasteiger partial charge in [-0.25, -0.2) is 0 Å². The molecule has 0 saturated carbocycles. The Labute approximate surface area is 122 Å². The van der Waals surface area contributed by atoms with Crippen molar-refractivity contribution in [2.75, 3.05) is 0 Å². The molecule has 2 unspecified atom stereocenters. The Bertz CT molecular complexity index is 178. The molecule has 0 aromatic heterocycles. The highest BCUT2D eigenvalue weighted by molar-refractivity contribution is 4.79. The van der Waals surface area contributed by atoms with Crippen molar-refractivity contribution in [3.8, 4) is 0 Å². The van der Waals surface area contributed by atoms with E-state index in [9.17, 15) is 5.11 Å². The molecule has 0 radical (unpaired) electrons. The summed E-state index contributed by atoms with van der Waals surface area (Å²) < 4.78 is 0. The molecule has 0 aromatic rings. The van der Waals surface area contributed by atoms with Crippen LogP contribution in [0.4, 0.5) is 0 Å². The van der Waals surface area contributed by atoms with Crippen LogP contribution in [0.2, 0.25) is 0 Å². The highest BCUT2D eigenvalue weighted by Gasteiger charge is 2.27. The van der Waals surface area contributed by atoms with E-state index in [-0.39, 0.29) is 0 Å². The lowest BCUT2D eigenvalue weighted by Gasteiger charge is -2.31. The van der Waals surface area contributed by atoms with Gasteiger partial charge in [-0.2, -0.15) is 0 Å². The summed E-state index contributed by atoms with van der Waals surface area (Å²) in [7, 11) is 0. The lowest BCUT2D eigenvalue weighted by atomic mass is 9.80. The van der Waals surface area contributed by atoms with E-state index in [0.717, 1.165) is 12.8 Å². The summed E-state index contributed by atoms with van der Waals surface area (Å²) in [6.07, 6.45) is 12.1. The van der Waals surface area contributed by atoms with E-state index in [1.165, 1.54) is 51.4 Å². The Morgan fingerprint density at radius 1 is 0.789 bits per heavy atom. The van der Waals surface area contributed by atoms with Crippen molar-refractivity contribution in [1.29, 1.82) is 0 Å². The molecule has 0 aromatic carbocycles. The quantitative estimate of drug-likeness (QED) is 0.464. The minimum Gasteiger partial charge on any atom is -0.390 e. The van der Waals surface area contributed by atoms with Crippen molar-refractivity contribution in [2.45, 2.75) is 104 Å². The third-order valence-electron chi connectivity index (χ3n) is 4.54. The monoisotopic (exact) mass is 270 g/mol. The van der Waals surface area contributed by atoms with Crippen LogP contribution in [0, 0.1) is 11.8 Å². The van der Waals surface area contributed by atoms with Gasteiger partial charge < -0.3 is 5.11 Å². The van der Waals surface area contributed by atoms with Crippen LogP contribution in [0.3, 0.4) is 0 Å². The van der Waals surface area contributed by atoms with Gasteiger partial charge in [0.25, 0.3) is 0 Å². The number of hydrogen-bond acceptors (Lipinski definition) is 1. The van der Waals surface area contributed by atoms with Gasteiger partial charge in [-0.05, 0) is 31.6 Å². The molecule has 0 aliphatic rings. The van der Waals surface area contributed by atoms with Crippen molar-refractivity contribution >= 4 is 0 Å². The van der Waals surface area contributed by atoms with Crippen LogP contribution in [-0.2, 0) is 0 Å². The van der Waals surface area contributed by atoms with Crippen molar-refractivity contribution in [3.05, 3.63) is 0 Å². The molecule has 116 valence electrons. The maximum atomic E-state index is 10.7. The summed E-state index contributed by atoms with van der Waals surface area (Å²) in [6, 6.07) is 0. The molecule has 0 spiro atoms. The predicted octanol–water partition coefficient (Wildman–Crippen LogP) is 5.95. The standard InChI is InChI=1S/C18H38O/c1-6-10-12-16(8-3)14-18(5,19)15-17(9-4)13-11-7-2/h16-17,19H,6-15H2,1-5H3. The molecule has 19 heavy (non-hydrogen) atoms. The zero-order valence-corrected chi connectivity index (χ0v) is 14.2. The Morgan fingerprint density at radius 2 is 1.16 bits per heavy atom. The van der Waals surface area contributed by atoms with Gasteiger partial charge >= 0.3 is 0 Å². The second-order valence-electron chi connectivity index (χ2n) is 6.74. The van der Waals surface area contributed by atoms with Gasteiger partial charge in [0.15, 0.2) is 0 Å². The van der Waals surface area contributed by atoms with Crippen molar-refractivity contribution in [2.24, 2.45) is 11.8 Å². The van der Waals surface area contributed by atoms with E-state index < -0.39 is 5.60 Å².